The number of aliphatic hydroxyl groups excluding tert-OH is 1. The van der Waals surface area contributed by atoms with Crippen LogP contribution in [0.1, 0.15) is 13.3 Å². The number of hydrogen-bond acceptors (Lipinski definition) is 2. The number of aliphatic hydroxyl groups is 1. The lowest BCUT2D eigenvalue weighted by Gasteiger charge is -2.24. The van der Waals surface area contributed by atoms with Crippen molar-refractivity contribution in [3.8, 4) is 0 Å². The summed E-state index contributed by atoms with van der Waals surface area (Å²) in [5.41, 5.74) is 0.907. The van der Waals surface area contributed by atoms with Crippen molar-refractivity contribution in [2.45, 2.75) is 19.4 Å². The molecule has 0 aromatic carbocycles. The van der Waals surface area contributed by atoms with Gasteiger partial charge in [-0.1, -0.05) is 11.6 Å². The van der Waals surface area contributed by atoms with E-state index in [1.807, 2.05) is 13.0 Å². The van der Waals surface area contributed by atoms with E-state index in [1.54, 1.807) is 0 Å². The Kier molecular flexibility index (Phi) is 2.06. The predicted molar refractivity (Wildman–Crippen MR) is 37.4 cm³/mol. The first-order chi connectivity index (χ1) is 4.72. The third kappa shape index (κ3) is 1.57. The summed E-state index contributed by atoms with van der Waals surface area (Å²) in [6.07, 6.45) is 2.44. The Morgan fingerprint density at radius 3 is 3.00 bits per heavy atom. The van der Waals surface area contributed by atoms with Gasteiger partial charge in [-0.3, -0.25) is 4.79 Å². The molecule has 2 N–H and O–H groups in total. The zero-order valence-electron chi connectivity index (χ0n) is 5.92. The highest BCUT2D eigenvalue weighted by molar-refractivity contribution is 5.83. The second-order valence-electron chi connectivity index (χ2n) is 2.55. The topological polar surface area (TPSA) is 49.3 Å². The van der Waals surface area contributed by atoms with Crippen LogP contribution in [0.3, 0.4) is 0 Å². The minimum atomic E-state index is 0.0758. The molecule has 56 valence electrons. The number of hydrogen-bond donors (Lipinski definition) is 2. The van der Waals surface area contributed by atoms with Crippen LogP contribution in [-0.4, -0.2) is 23.7 Å². The molecule has 3 nitrogen and oxygen atoms in total. The number of rotatable bonds is 2. The van der Waals surface area contributed by atoms with Crippen LogP contribution in [0.4, 0.5) is 0 Å². The zero-order chi connectivity index (χ0) is 7.56. The van der Waals surface area contributed by atoms with Gasteiger partial charge in [0.25, 0.3) is 0 Å². The summed E-state index contributed by atoms with van der Waals surface area (Å²) in [5.74, 6) is 0.0898. The molecule has 0 aliphatic carbocycles. The molecule has 0 radical (unpaired) electrons. The first-order valence-electron chi connectivity index (χ1n) is 3.30. The van der Waals surface area contributed by atoms with Gasteiger partial charge in [-0.05, 0) is 6.92 Å². The highest BCUT2D eigenvalue weighted by Crippen LogP contribution is 2.07. The summed E-state index contributed by atoms with van der Waals surface area (Å²) in [4.78, 5) is 10.4. The van der Waals surface area contributed by atoms with Gasteiger partial charge in [-0.2, -0.15) is 0 Å². The molecule has 10 heavy (non-hydrogen) atoms. The largest absolute Gasteiger partial charge is 0.392 e. The van der Waals surface area contributed by atoms with E-state index < -0.39 is 0 Å². The standard InChI is InChI=1S/C7H11NO2/c1-5(4-9)2-6-3-7(10)8-6/h2,6,9H,3-4H2,1H3,(H,8,10)/b5-2+/t6-/m1/s1. The molecular weight excluding hydrogens is 130 g/mol. The summed E-state index contributed by atoms with van der Waals surface area (Å²) in [5, 5.41) is 11.3. The van der Waals surface area contributed by atoms with Crippen molar-refractivity contribution in [1.29, 1.82) is 0 Å². The van der Waals surface area contributed by atoms with E-state index in [-0.39, 0.29) is 18.6 Å². The second-order valence-corrected chi connectivity index (χ2v) is 2.55. The van der Waals surface area contributed by atoms with Crippen LogP contribution in [0.5, 0.6) is 0 Å². The molecule has 0 unspecified atom stereocenters. The Bertz CT molecular complexity index is 166. The smallest absolute Gasteiger partial charge is 0.222 e. The van der Waals surface area contributed by atoms with Gasteiger partial charge < -0.3 is 10.4 Å². The lowest BCUT2D eigenvalue weighted by atomic mass is 10.0. The summed E-state index contributed by atoms with van der Waals surface area (Å²) < 4.78 is 0. The summed E-state index contributed by atoms with van der Waals surface area (Å²) in [6.45, 7) is 1.91. The normalized spacial score (nSPS) is 25.6. The van der Waals surface area contributed by atoms with E-state index >= 15 is 0 Å². The molecule has 0 saturated carbocycles. The van der Waals surface area contributed by atoms with Crippen LogP contribution < -0.4 is 5.32 Å². The average molecular weight is 141 g/mol. The fraction of sp³-hybridized carbons (Fsp3) is 0.571. The summed E-state index contributed by atoms with van der Waals surface area (Å²) >= 11 is 0. The van der Waals surface area contributed by atoms with Gasteiger partial charge in [0, 0.05) is 0 Å². The summed E-state index contributed by atoms with van der Waals surface area (Å²) in [7, 11) is 0. The summed E-state index contributed by atoms with van der Waals surface area (Å²) in [6, 6.07) is 0.166. The molecule has 1 heterocycles. The first kappa shape index (κ1) is 7.28. The lowest BCUT2D eigenvalue weighted by molar-refractivity contribution is -0.127. The van der Waals surface area contributed by atoms with Crippen LogP contribution in [-0.2, 0) is 4.79 Å². The zero-order valence-corrected chi connectivity index (χ0v) is 5.92. The minimum Gasteiger partial charge on any atom is -0.392 e. The first-order valence-corrected chi connectivity index (χ1v) is 3.30. The van der Waals surface area contributed by atoms with Gasteiger partial charge in [-0.25, -0.2) is 0 Å². The van der Waals surface area contributed by atoms with Crippen molar-refractivity contribution < 1.29 is 9.90 Å². The number of carbonyl (C=O) groups excluding carboxylic acids is 1. The molecule has 0 aromatic rings. The molecular formula is C7H11NO2. The van der Waals surface area contributed by atoms with Crippen LogP contribution in [0, 0.1) is 0 Å². The molecule has 1 amide bonds. The van der Waals surface area contributed by atoms with E-state index in [1.165, 1.54) is 0 Å². The van der Waals surface area contributed by atoms with Crippen LogP contribution >= 0.6 is 0 Å². The minimum absolute atomic E-state index is 0.0758. The highest BCUT2D eigenvalue weighted by atomic mass is 16.3. The Morgan fingerprint density at radius 2 is 2.60 bits per heavy atom. The van der Waals surface area contributed by atoms with Gasteiger partial charge >= 0.3 is 0 Å². The van der Waals surface area contributed by atoms with E-state index in [0.29, 0.717) is 6.42 Å². The quantitative estimate of drug-likeness (QED) is 0.414. The van der Waals surface area contributed by atoms with Gasteiger partial charge in [0.05, 0.1) is 19.1 Å². The molecule has 3 heteroatoms. The molecule has 0 bridgehead atoms. The lowest BCUT2D eigenvalue weighted by Crippen LogP contribution is -2.47. The molecule has 1 atom stereocenters. The Labute approximate surface area is 59.7 Å². The van der Waals surface area contributed by atoms with Crippen molar-refractivity contribution in [1.82, 2.24) is 5.32 Å². The fourth-order valence-electron chi connectivity index (χ4n) is 0.882. The number of amides is 1. The second kappa shape index (κ2) is 2.84. The van der Waals surface area contributed by atoms with Crippen LogP contribution in [0.15, 0.2) is 11.6 Å². The molecule has 1 aliphatic heterocycles. The fourth-order valence-corrected chi connectivity index (χ4v) is 0.882. The van der Waals surface area contributed by atoms with Crippen LogP contribution in [0.25, 0.3) is 0 Å². The maximum Gasteiger partial charge on any atom is 0.222 e. The van der Waals surface area contributed by atoms with Crippen molar-refractivity contribution in [3.63, 3.8) is 0 Å². The molecule has 1 saturated heterocycles. The molecule has 0 spiro atoms. The van der Waals surface area contributed by atoms with Crippen LogP contribution in [0.2, 0.25) is 0 Å². The van der Waals surface area contributed by atoms with Crippen molar-refractivity contribution in [2.75, 3.05) is 6.61 Å². The van der Waals surface area contributed by atoms with Crippen molar-refractivity contribution in [2.24, 2.45) is 0 Å². The predicted octanol–water partition coefficient (Wildman–Crippen LogP) is -0.186. The van der Waals surface area contributed by atoms with E-state index in [2.05, 4.69) is 5.32 Å². The van der Waals surface area contributed by atoms with E-state index in [0.717, 1.165) is 5.57 Å². The maximum absolute atomic E-state index is 10.4. The monoisotopic (exact) mass is 141 g/mol. The highest BCUT2D eigenvalue weighted by Gasteiger charge is 2.22. The van der Waals surface area contributed by atoms with E-state index in [4.69, 9.17) is 5.11 Å². The van der Waals surface area contributed by atoms with E-state index in [9.17, 15) is 4.79 Å². The Morgan fingerprint density at radius 1 is 2.00 bits per heavy atom. The van der Waals surface area contributed by atoms with Gasteiger partial charge in [0.15, 0.2) is 0 Å². The third-order valence-electron chi connectivity index (χ3n) is 1.49. The maximum atomic E-state index is 10.4. The number of nitrogens with one attached hydrogen (secondary N) is 1. The molecule has 1 aliphatic rings. The number of β-lactam (4-membered cyclic amide) rings is 1. The van der Waals surface area contributed by atoms with Crippen molar-refractivity contribution >= 4 is 5.91 Å². The Balaban J connectivity index is 2.33. The molecule has 1 rings (SSSR count). The molecule has 0 aromatic heterocycles. The average Bonchev–Trinajstić information content (AvgIpc) is 1.84. The third-order valence-corrected chi connectivity index (χ3v) is 1.49. The Hall–Kier alpha value is -0.830. The van der Waals surface area contributed by atoms with Gasteiger partial charge in [-0.15, -0.1) is 0 Å². The van der Waals surface area contributed by atoms with Gasteiger partial charge in [0.1, 0.15) is 0 Å². The van der Waals surface area contributed by atoms with Crippen molar-refractivity contribution in [3.05, 3.63) is 11.6 Å². The SMILES string of the molecule is C/C(=C\[C@@H]1CC(=O)N1)CO. The van der Waals surface area contributed by atoms with Gasteiger partial charge in [0.2, 0.25) is 5.91 Å². The molecule has 1 fully saturated rings. The number of carbonyl (C=O) groups is 1.